The molecule has 1 aliphatic rings. The number of carbonyl (C=O) groups excluding carboxylic acids is 1. The van der Waals surface area contributed by atoms with Crippen LogP contribution in [0, 0.1) is 6.92 Å². The van der Waals surface area contributed by atoms with Gasteiger partial charge in [-0.25, -0.2) is 9.78 Å². The Morgan fingerprint density at radius 3 is 2.50 bits per heavy atom. The highest BCUT2D eigenvalue weighted by molar-refractivity contribution is 6.30. The minimum atomic E-state index is -0.960. The summed E-state index contributed by atoms with van der Waals surface area (Å²) in [6, 6.07) is 17.0. The van der Waals surface area contributed by atoms with Crippen LogP contribution in [0.4, 0.5) is 0 Å². The van der Waals surface area contributed by atoms with Gasteiger partial charge in [0.2, 0.25) is 5.91 Å². The van der Waals surface area contributed by atoms with Gasteiger partial charge in [-0.05, 0) is 43.0 Å². The second kappa shape index (κ2) is 9.75. The topological polar surface area (TPSA) is 106 Å². The summed E-state index contributed by atoms with van der Waals surface area (Å²) in [5.74, 6) is -0.905. The average molecular weight is 508 g/mol. The summed E-state index contributed by atoms with van der Waals surface area (Å²) in [5, 5.41) is 15.9. The number of rotatable bonds is 6. The molecule has 0 saturated carbocycles. The molecule has 0 radical (unpaired) electrons. The molecule has 10 heteroatoms. The van der Waals surface area contributed by atoms with Crippen LogP contribution < -0.4 is 5.76 Å². The number of imidazole rings is 1. The van der Waals surface area contributed by atoms with Crippen molar-refractivity contribution in [3.63, 3.8) is 0 Å². The standard InChI is InChI=1S/C26H26ClN5O4/c1-18-23(28-17-31(18)15-19-7-9-21(27)10-8-19)24-29-32(25(34)36-24)16-22(33)30-13-11-26(35,12-14-30)20-5-3-2-4-6-20/h2-10,17,35H,11-16H2,1H3. The summed E-state index contributed by atoms with van der Waals surface area (Å²) in [7, 11) is 0. The van der Waals surface area contributed by atoms with Crippen LogP contribution in [-0.2, 0) is 23.5 Å². The highest BCUT2D eigenvalue weighted by Crippen LogP contribution is 2.32. The van der Waals surface area contributed by atoms with E-state index in [1.54, 1.807) is 11.2 Å². The van der Waals surface area contributed by atoms with E-state index in [4.69, 9.17) is 16.0 Å². The van der Waals surface area contributed by atoms with Crippen LogP contribution in [0.5, 0.6) is 0 Å². The molecular formula is C26H26ClN5O4. The molecule has 1 amide bonds. The smallest absolute Gasteiger partial charge is 0.386 e. The number of hydrogen-bond acceptors (Lipinski definition) is 6. The number of aromatic nitrogens is 4. The van der Waals surface area contributed by atoms with Crippen molar-refractivity contribution >= 4 is 17.5 Å². The third-order valence-corrected chi connectivity index (χ3v) is 6.97. The number of nitrogens with zero attached hydrogens (tertiary/aromatic N) is 5. The van der Waals surface area contributed by atoms with Gasteiger partial charge in [-0.15, -0.1) is 5.10 Å². The molecule has 2 aromatic carbocycles. The molecule has 1 aliphatic heterocycles. The Morgan fingerprint density at radius 2 is 1.81 bits per heavy atom. The number of halogens is 1. The summed E-state index contributed by atoms with van der Waals surface area (Å²) in [6.45, 7) is 2.97. The molecule has 1 N–H and O–H groups in total. The first-order chi connectivity index (χ1) is 17.3. The number of benzene rings is 2. The molecule has 186 valence electrons. The minimum absolute atomic E-state index is 0.0669. The average Bonchev–Trinajstić information content (AvgIpc) is 3.43. The highest BCUT2D eigenvalue weighted by atomic mass is 35.5. The zero-order chi connectivity index (χ0) is 25.3. The quantitative estimate of drug-likeness (QED) is 0.429. The molecule has 0 unspecified atom stereocenters. The molecule has 0 bridgehead atoms. The van der Waals surface area contributed by atoms with Crippen LogP contribution in [0.15, 0.2) is 70.1 Å². The second-order valence-electron chi connectivity index (χ2n) is 9.04. The molecule has 1 fully saturated rings. The number of likely N-dealkylation sites (tertiary alicyclic amines) is 1. The Labute approximate surface area is 212 Å². The zero-order valence-corrected chi connectivity index (χ0v) is 20.6. The van der Waals surface area contributed by atoms with Crippen molar-refractivity contribution in [1.82, 2.24) is 24.2 Å². The molecule has 0 atom stereocenters. The van der Waals surface area contributed by atoms with Crippen molar-refractivity contribution in [1.29, 1.82) is 0 Å². The van der Waals surface area contributed by atoms with Crippen LogP contribution in [0.1, 0.15) is 29.7 Å². The molecule has 4 aromatic rings. The van der Waals surface area contributed by atoms with Crippen LogP contribution in [0.25, 0.3) is 11.6 Å². The van der Waals surface area contributed by atoms with Crippen LogP contribution in [0.3, 0.4) is 0 Å². The Bertz CT molecular complexity index is 1420. The predicted molar refractivity (Wildman–Crippen MR) is 133 cm³/mol. The first-order valence-electron chi connectivity index (χ1n) is 11.7. The fourth-order valence-corrected chi connectivity index (χ4v) is 4.62. The number of amides is 1. The number of hydrogen-bond donors (Lipinski definition) is 1. The van der Waals surface area contributed by atoms with E-state index in [0.717, 1.165) is 21.5 Å². The number of aliphatic hydroxyl groups is 1. The zero-order valence-electron chi connectivity index (χ0n) is 19.8. The van der Waals surface area contributed by atoms with Gasteiger partial charge in [0.25, 0.3) is 5.89 Å². The van der Waals surface area contributed by atoms with Gasteiger partial charge >= 0.3 is 5.76 Å². The summed E-state index contributed by atoms with van der Waals surface area (Å²) in [4.78, 5) is 31.3. The van der Waals surface area contributed by atoms with Gasteiger partial charge in [0.15, 0.2) is 0 Å². The van der Waals surface area contributed by atoms with E-state index in [0.29, 0.717) is 43.2 Å². The highest BCUT2D eigenvalue weighted by Gasteiger charge is 2.35. The van der Waals surface area contributed by atoms with Crippen LogP contribution >= 0.6 is 11.6 Å². The molecular weight excluding hydrogens is 482 g/mol. The third-order valence-electron chi connectivity index (χ3n) is 6.71. The van der Waals surface area contributed by atoms with Gasteiger partial charge in [0, 0.05) is 30.4 Å². The molecule has 9 nitrogen and oxygen atoms in total. The van der Waals surface area contributed by atoms with Crippen LogP contribution in [-0.4, -0.2) is 48.3 Å². The predicted octanol–water partition coefficient (Wildman–Crippen LogP) is 3.22. The molecule has 5 rings (SSSR count). The molecule has 3 heterocycles. The Hall–Kier alpha value is -3.69. The maximum Gasteiger partial charge on any atom is 0.437 e. The summed E-state index contributed by atoms with van der Waals surface area (Å²) < 4.78 is 8.27. The number of piperidine rings is 1. The second-order valence-corrected chi connectivity index (χ2v) is 9.48. The summed E-state index contributed by atoms with van der Waals surface area (Å²) >= 11 is 5.96. The van der Waals surface area contributed by atoms with Gasteiger partial charge in [-0.1, -0.05) is 54.1 Å². The van der Waals surface area contributed by atoms with Gasteiger partial charge in [-0.2, -0.15) is 4.68 Å². The number of carbonyl (C=O) groups is 1. The fourth-order valence-electron chi connectivity index (χ4n) is 4.49. The van der Waals surface area contributed by atoms with Crippen molar-refractivity contribution in [3.8, 4) is 11.6 Å². The van der Waals surface area contributed by atoms with E-state index in [9.17, 15) is 14.7 Å². The lowest BCUT2D eigenvalue weighted by atomic mass is 9.84. The lowest BCUT2D eigenvalue weighted by Gasteiger charge is -2.38. The molecule has 0 spiro atoms. The third kappa shape index (κ3) is 4.84. The van der Waals surface area contributed by atoms with E-state index in [1.807, 2.05) is 66.1 Å². The fraction of sp³-hybridized carbons (Fsp3) is 0.308. The van der Waals surface area contributed by atoms with E-state index in [1.165, 1.54) is 0 Å². The Kier molecular flexibility index (Phi) is 6.51. The van der Waals surface area contributed by atoms with E-state index in [2.05, 4.69) is 10.1 Å². The van der Waals surface area contributed by atoms with Gasteiger partial charge in [0.05, 0.1) is 11.9 Å². The van der Waals surface area contributed by atoms with Gasteiger partial charge < -0.3 is 19.0 Å². The maximum absolute atomic E-state index is 12.9. The SMILES string of the molecule is Cc1c(-c2nn(CC(=O)N3CCC(O)(c4ccccc4)CC3)c(=O)o2)ncn1Cc1ccc(Cl)cc1. The van der Waals surface area contributed by atoms with Crippen LogP contribution in [0.2, 0.25) is 5.02 Å². The summed E-state index contributed by atoms with van der Waals surface area (Å²) in [5.41, 5.74) is 2.15. The first kappa shape index (κ1) is 24.0. The van der Waals surface area contributed by atoms with Gasteiger partial charge in [0.1, 0.15) is 12.2 Å². The minimum Gasteiger partial charge on any atom is -0.386 e. The molecule has 1 saturated heterocycles. The van der Waals surface area contributed by atoms with Crippen molar-refractivity contribution in [2.45, 2.75) is 38.5 Å². The largest absolute Gasteiger partial charge is 0.437 e. The van der Waals surface area contributed by atoms with Crippen molar-refractivity contribution < 1.29 is 14.3 Å². The lowest BCUT2D eigenvalue weighted by molar-refractivity contribution is -0.136. The van der Waals surface area contributed by atoms with E-state index in [-0.39, 0.29) is 18.3 Å². The van der Waals surface area contributed by atoms with Crippen molar-refractivity contribution in [2.24, 2.45) is 0 Å². The van der Waals surface area contributed by atoms with E-state index >= 15 is 0 Å². The molecule has 0 aliphatic carbocycles. The Balaban J connectivity index is 1.25. The normalized spacial score (nSPS) is 15.2. The van der Waals surface area contributed by atoms with Crippen molar-refractivity contribution in [2.75, 3.05) is 13.1 Å². The Morgan fingerprint density at radius 1 is 1.11 bits per heavy atom. The van der Waals surface area contributed by atoms with Gasteiger partial charge in [-0.3, -0.25) is 4.79 Å². The monoisotopic (exact) mass is 507 g/mol. The van der Waals surface area contributed by atoms with Crippen molar-refractivity contribution in [3.05, 3.63) is 93.3 Å². The lowest BCUT2D eigenvalue weighted by Crippen LogP contribution is -2.46. The first-order valence-corrected chi connectivity index (χ1v) is 12.1. The summed E-state index contributed by atoms with van der Waals surface area (Å²) in [6.07, 6.45) is 2.50. The maximum atomic E-state index is 12.9. The molecule has 2 aromatic heterocycles. The molecule has 36 heavy (non-hydrogen) atoms. The van der Waals surface area contributed by atoms with E-state index < -0.39 is 11.4 Å².